The van der Waals surface area contributed by atoms with E-state index in [0.717, 1.165) is 5.56 Å². The van der Waals surface area contributed by atoms with E-state index in [2.05, 4.69) is 4.99 Å². The van der Waals surface area contributed by atoms with Crippen molar-refractivity contribution in [2.24, 2.45) is 4.99 Å². The number of rotatable bonds is 7. The Hall–Kier alpha value is -3.64. The zero-order valence-electron chi connectivity index (χ0n) is 16.3. The number of aliphatic imine (C=N–C) groups is 1. The Morgan fingerprint density at radius 3 is 2.55 bits per heavy atom. The molecule has 31 heavy (non-hydrogen) atoms. The zero-order chi connectivity index (χ0) is 21.6. The topological polar surface area (TPSA) is 57.1 Å². The van der Waals surface area contributed by atoms with E-state index in [1.807, 2.05) is 24.3 Å². The molecule has 4 rings (SSSR count). The van der Waals surface area contributed by atoms with Crippen molar-refractivity contribution in [1.29, 1.82) is 0 Å². The third-order valence-electron chi connectivity index (χ3n) is 4.32. The van der Waals surface area contributed by atoms with Crippen molar-refractivity contribution in [2.75, 3.05) is 13.2 Å². The molecule has 3 aromatic carbocycles. The molecule has 0 atom stereocenters. The number of esters is 1. The van der Waals surface area contributed by atoms with Crippen molar-refractivity contribution in [1.82, 2.24) is 0 Å². The van der Waals surface area contributed by atoms with Gasteiger partial charge >= 0.3 is 5.97 Å². The summed E-state index contributed by atoms with van der Waals surface area (Å²) < 4.78 is 29.6. The molecule has 0 saturated carbocycles. The van der Waals surface area contributed by atoms with Crippen LogP contribution in [0, 0.1) is 5.82 Å². The van der Waals surface area contributed by atoms with Gasteiger partial charge in [-0.2, -0.15) is 0 Å². The van der Waals surface area contributed by atoms with E-state index in [1.54, 1.807) is 30.3 Å². The highest BCUT2D eigenvalue weighted by atomic mass is 35.5. The molecule has 1 heterocycles. The molecule has 5 nitrogen and oxygen atoms in total. The lowest BCUT2D eigenvalue weighted by molar-refractivity contribution is -0.129. The molecule has 156 valence electrons. The summed E-state index contributed by atoms with van der Waals surface area (Å²) in [4.78, 5) is 16.4. The minimum atomic E-state index is -0.571. The highest BCUT2D eigenvalue weighted by Gasteiger charge is 2.24. The number of benzene rings is 3. The molecule has 0 spiro atoms. The largest absolute Gasteiger partial charge is 0.490 e. The van der Waals surface area contributed by atoms with E-state index in [-0.39, 0.29) is 17.4 Å². The Morgan fingerprint density at radius 1 is 0.968 bits per heavy atom. The number of hydrogen-bond acceptors (Lipinski definition) is 5. The van der Waals surface area contributed by atoms with Crippen LogP contribution in [0.1, 0.15) is 11.1 Å². The lowest BCUT2D eigenvalue weighted by Gasteiger charge is -2.09. The number of para-hydroxylation sites is 1. The molecule has 0 unspecified atom stereocenters. The maximum Gasteiger partial charge on any atom is 0.363 e. The second kappa shape index (κ2) is 9.45. The Bertz CT molecular complexity index is 1160. The molecular formula is C24H17ClFNO4. The van der Waals surface area contributed by atoms with Gasteiger partial charge in [-0.05, 0) is 60.2 Å². The van der Waals surface area contributed by atoms with Crippen LogP contribution >= 0.6 is 11.6 Å². The first-order valence-corrected chi connectivity index (χ1v) is 9.85. The van der Waals surface area contributed by atoms with Gasteiger partial charge < -0.3 is 14.2 Å². The number of carbonyl (C=O) groups is 1. The fourth-order valence-corrected chi connectivity index (χ4v) is 3.04. The quantitative estimate of drug-likeness (QED) is 0.286. The van der Waals surface area contributed by atoms with Crippen LogP contribution in [0.4, 0.5) is 4.39 Å². The van der Waals surface area contributed by atoms with Crippen molar-refractivity contribution >= 4 is 29.5 Å². The van der Waals surface area contributed by atoms with Gasteiger partial charge in [0.1, 0.15) is 30.5 Å². The van der Waals surface area contributed by atoms with Crippen LogP contribution in [0.2, 0.25) is 5.02 Å². The first-order valence-electron chi connectivity index (χ1n) is 9.47. The molecule has 0 fully saturated rings. The molecule has 1 aliphatic heterocycles. The lowest BCUT2D eigenvalue weighted by atomic mass is 10.2. The monoisotopic (exact) mass is 437 g/mol. The lowest BCUT2D eigenvalue weighted by Crippen LogP contribution is -2.09. The van der Waals surface area contributed by atoms with Crippen molar-refractivity contribution in [3.05, 3.63) is 100 Å². The molecule has 0 aromatic heterocycles. The van der Waals surface area contributed by atoms with Crippen LogP contribution in [0.25, 0.3) is 6.08 Å². The van der Waals surface area contributed by atoms with Crippen LogP contribution in [0.3, 0.4) is 0 Å². The molecular weight excluding hydrogens is 421 g/mol. The fourth-order valence-electron chi connectivity index (χ4n) is 2.85. The van der Waals surface area contributed by atoms with Gasteiger partial charge in [-0.1, -0.05) is 35.9 Å². The van der Waals surface area contributed by atoms with Crippen LogP contribution in [0.15, 0.2) is 83.5 Å². The maximum absolute atomic E-state index is 13.1. The number of ether oxygens (including phenoxy) is 3. The predicted octanol–water partition coefficient (Wildman–Crippen LogP) is 5.28. The average Bonchev–Trinajstić information content (AvgIpc) is 3.13. The highest BCUT2D eigenvalue weighted by molar-refractivity contribution is 6.32. The first kappa shape index (κ1) is 20.6. The van der Waals surface area contributed by atoms with Gasteiger partial charge in [0.25, 0.3) is 0 Å². The molecule has 0 radical (unpaired) electrons. The van der Waals surface area contributed by atoms with E-state index in [9.17, 15) is 9.18 Å². The summed E-state index contributed by atoms with van der Waals surface area (Å²) in [5.41, 5.74) is 1.40. The SMILES string of the molecule is O=C1OC(c2ccc(F)cc2)=NC1=Cc1cccc(OCCOc2ccccc2Cl)c1. The van der Waals surface area contributed by atoms with E-state index in [0.29, 0.717) is 35.3 Å². The van der Waals surface area contributed by atoms with Crippen LogP contribution < -0.4 is 9.47 Å². The van der Waals surface area contributed by atoms with Gasteiger partial charge in [0, 0.05) is 5.56 Å². The number of halogens is 2. The second-order valence-electron chi connectivity index (χ2n) is 6.54. The third kappa shape index (κ3) is 5.29. The maximum atomic E-state index is 13.1. The third-order valence-corrected chi connectivity index (χ3v) is 4.63. The molecule has 7 heteroatoms. The smallest absolute Gasteiger partial charge is 0.363 e. The highest BCUT2D eigenvalue weighted by Crippen LogP contribution is 2.24. The number of carbonyl (C=O) groups excluding carboxylic acids is 1. The molecule has 3 aromatic rings. The molecule has 0 saturated heterocycles. The summed E-state index contributed by atoms with van der Waals surface area (Å²) in [6.45, 7) is 0.646. The Balaban J connectivity index is 1.39. The van der Waals surface area contributed by atoms with E-state index < -0.39 is 5.97 Å². The van der Waals surface area contributed by atoms with Crippen LogP contribution in [0.5, 0.6) is 11.5 Å². The minimum absolute atomic E-state index is 0.139. The number of cyclic esters (lactones) is 1. The Kier molecular flexibility index (Phi) is 6.29. The van der Waals surface area contributed by atoms with E-state index in [4.69, 9.17) is 25.8 Å². The van der Waals surface area contributed by atoms with E-state index >= 15 is 0 Å². The normalized spacial score (nSPS) is 14.3. The molecule has 0 amide bonds. The first-order chi connectivity index (χ1) is 15.1. The summed E-state index contributed by atoms with van der Waals surface area (Å²) in [5, 5.41) is 0.542. The van der Waals surface area contributed by atoms with Crippen LogP contribution in [-0.4, -0.2) is 25.1 Å². The Morgan fingerprint density at radius 2 is 1.74 bits per heavy atom. The number of hydrogen-bond donors (Lipinski definition) is 0. The van der Waals surface area contributed by atoms with Gasteiger partial charge in [-0.3, -0.25) is 0 Å². The van der Waals surface area contributed by atoms with Gasteiger partial charge in [-0.25, -0.2) is 14.2 Å². The zero-order valence-corrected chi connectivity index (χ0v) is 17.0. The number of nitrogens with zero attached hydrogens (tertiary/aromatic N) is 1. The summed E-state index contributed by atoms with van der Waals surface area (Å²) in [5.74, 6) is 0.407. The van der Waals surface area contributed by atoms with Gasteiger partial charge in [0.15, 0.2) is 5.70 Å². The predicted molar refractivity (Wildman–Crippen MR) is 116 cm³/mol. The molecule has 0 N–H and O–H groups in total. The minimum Gasteiger partial charge on any atom is -0.490 e. The van der Waals surface area contributed by atoms with Crippen molar-refractivity contribution < 1.29 is 23.4 Å². The van der Waals surface area contributed by atoms with Crippen molar-refractivity contribution in [3.63, 3.8) is 0 Å². The summed E-state index contributed by atoms with van der Waals surface area (Å²) in [7, 11) is 0. The van der Waals surface area contributed by atoms with Crippen molar-refractivity contribution in [2.45, 2.75) is 0 Å². The summed E-state index contributed by atoms with van der Waals surface area (Å²) in [6, 6.07) is 20.0. The summed E-state index contributed by atoms with van der Waals surface area (Å²) >= 11 is 6.05. The average molecular weight is 438 g/mol. The van der Waals surface area contributed by atoms with Crippen LogP contribution in [-0.2, 0) is 9.53 Å². The van der Waals surface area contributed by atoms with Gasteiger partial charge in [0.05, 0.1) is 5.02 Å². The molecule has 0 aliphatic carbocycles. The molecule has 0 bridgehead atoms. The Labute approximate surface area is 183 Å². The van der Waals surface area contributed by atoms with Crippen molar-refractivity contribution in [3.8, 4) is 11.5 Å². The van der Waals surface area contributed by atoms with E-state index in [1.165, 1.54) is 24.3 Å². The van der Waals surface area contributed by atoms with Gasteiger partial charge in [-0.15, -0.1) is 0 Å². The molecule has 1 aliphatic rings. The fraction of sp³-hybridized carbons (Fsp3) is 0.0833. The van der Waals surface area contributed by atoms with Gasteiger partial charge in [0.2, 0.25) is 5.90 Å². The standard InChI is InChI=1S/C24H17ClFNO4/c25-20-6-1-2-7-22(20)30-13-12-29-19-5-3-4-16(14-19)15-21-24(28)31-23(27-21)17-8-10-18(26)11-9-17/h1-11,14-15H,12-13H2. The second-order valence-corrected chi connectivity index (χ2v) is 6.95. The summed E-state index contributed by atoms with van der Waals surface area (Å²) in [6.07, 6.45) is 1.60.